The summed E-state index contributed by atoms with van der Waals surface area (Å²) in [6.45, 7) is 6.55. The van der Waals surface area contributed by atoms with Crippen LogP contribution in [-0.2, 0) is 6.54 Å². The Morgan fingerprint density at radius 1 is 1.33 bits per heavy atom. The molecule has 0 bridgehead atoms. The normalized spacial score (nSPS) is 10.8. The number of rotatable bonds is 8. The summed E-state index contributed by atoms with van der Waals surface area (Å²) in [7, 11) is 1.68. The van der Waals surface area contributed by atoms with Crippen molar-refractivity contribution in [1.82, 2.24) is 5.32 Å². The topological polar surface area (TPSA) is 30.5 Å². The zero-order chi connectivity index (χ0) is 13.2. The first-order valence-electron chi connectivity index (χ1n) is 6.43. The Bertz CT molecular complexity index is 375. The van der Waals surface area contributed by atoms with Gasteiger partial charge in [0.15, 0.2) is 0 Å². The lowest BCUT2D eigenvalue weighted by Crippen LogP contribution is -2.14. The van der Waals surface area contributed by atoms with Gasteiger partial charge in [-0.1, -0.05) is 19.1 Å². The number of benzene rings is 1. The molecule has 0 atom stereocenters. The van der Waals surface area contributed by atoms with Gasteiger partial charge in [0.25, 0.3) is 0 Å². The van der Waals surface area contributed by atoms with Crippen LogP contribution in [0.2, 0.25) is 0 Å². The van der Waals surface area contributed by atoms with Gasteiger partial charge in [0, 0.05) is 12.1 Å². The molecule has 0 aliphatic carbocycles. The van der Waals surface area contributed by atoms with Gasteiger partial charge in [0.05, 0.1) is 7.11 Å². The number of nitrogens with one attached hydrogen (secondary N) is 1. The number of ether oxygens (including phenoxy) is 2. The molecule has 18 heavy (non-hydrogen) atoms. The highest BCUT2D eigenvalue weighted by Gasteiger charge is 2.05. The van der Waals surface area contributed by atoms with E-state index in [0.717, 1.165) is 36.6 Å². The third-order valence-corrected chi connectivity index (χ3v) is 2.58. The molecule has 0 amide bonds. The largest absolute Gasteiger partial charge is 0.497 e. The molecule has 1 aromatic carbocycles. The summed E-state index contributed by atoms with van der Waals surface area (Å²) in [5, 5.41) is 3.38. The van der Waals surface area contributed by atoms with Crippen LogP contribution >= 0.6 is 0 Å². The predicted octanol–water partition coefficient (Wildman–Crippen LogP) is 3.15. The number of hydrogen-bond acceptors (Lipinski definition) is 3. The molecule has 0 radical (unpaired) electrons. The van der Waals surface area contributed by atoms with Gasteiger partial charge in [-0.2, -0.15) is 0 Å². The Morgan fingerprint density at radius 3 is 2.83 bits per heavy atom. The van der Waals surface area contributed by atoms with E-state index in [0.29, 0.717) is 6.61 Å². The van der Waals surface area contributed by atoms with Crippen LogP contribution in [0.5, 0.6) is 11.5 Å². The van der Waals surface area contributed by atoms with E-state index in [1.54, 1.807) is 7.11 Å². The van der Waals surface area contributed by atoms with Gasteiger partial charge >= 0.3 is 0 Å². The van der Waals surface area contributed by atoms with Gasteiger partial charge in [-0.25, -0.2) is 0 Å². The molecule has 0 fully saturated rings. The Kier molecular flexibility index (Phi) is 6.96. The van der Waals surface area contributed by atoms with Crippen molar-refractivity contribution in [3.63, 3.8) is 0 Å². The molecule has 0 aliphatic rings. The molecule has 0 heterocycles. The Balaban J connectivity index is 2.72. The van der Waals surface area contributed by atoms with Crippen LogP contribution in [0.15, 0.2) is 30.4 Å². The van der Waals surface area contributed by atoms with E-state index in [1.807, 2.05) is 37.3 Å². The molecule has 0 aromatic heterocycles. The summed E-state index contributed by atoms with van der Waals surface area (Å²) in [5.41, 5.74) is 1.13. The third kappa shape index (κ3) is 4.80. The maximum atomic E-state index is 5.73. The van der Waals surface area contributed by atoms with Crippen molar-refractivity contribution < 1.29 is 9.47 Å². The van der Waals surface area contributed by atoms with Crippen molar-refractivity contribution in [2.45, 2.75) is 26.8 Å². The molecule has 3 nitrogen and oxygen atoms in total. The molecule has 0 saturated heterocycles. The van der Waals surface area contributed by atoms with Crippen LogP contribution in [0.1, 0.15) is 25.8 Å². The summed E-state index contributed by atoms with van der Waals surface area (Å²) in [4.78, 5) is 0. The van der Waals surface area contributed by atoms with E-state index in [4.69, 9.17) is 9.47 Å². The molecule has 3 heteroatoms. The highest BCUT2D eigenvalue weighted by molar-refractivity contribution is 5.40. The lowest BCUT2D eigenvalue weighted by atomic mass is 10.2. The SMILES string of the molecule is C/C=C/COc1ccc(OC)cc1CNCCC. The van der Waals surface area contributed by atoms with Gasteiger partial charge in [-0.3, -0.25) is 0 Å². The average Bonchev–Trinajstić information content (AvgIpc) is 2.40. The zero-order valence-corrected chi connectivity index (χ0v) is 11.5. The summed E-state index contributed by atoms with van der Waals surface area (Å²) in [6, 6.07) is 5.91. The fourth-order valence-corrected chi connectivity index (χ4v) is 1.60. The van der Waals surface area contributed by atoms with Crippen molar-refractivity contribution in [2.24, 2.45) is 0 Å². The van der Waals surface area contributed by atoms with Crippen molar-refractivity contribution in [3.8, 4) is 11.5 Å². The highest BCUT2D eigenvalue weighted by atomic mass is 16.5. The van der Waals surface area contributed by atoms with E-state index >= 15 is 0 Å². The van der Waals surface area contributed by atoms with E-state index < -0.39 is 0 Å². The summed E-state index contributed by atoms with van der Waals surface area (Å²) in [5.74, 6) is 1.78. The van der Waals surface area contributed by atoms with E-state index in [-0.39, 0.29) is 0 Å². The van der Waals surface area contributed by atoms with Gasteiger partial charge in [-0.05, 0) is 38.1 Å². The van der Waals surface area contributed by atoms with E-state index in [2.05, 4.69) is 12.2 Å². The molecule has 0 unspecified atom stereocenters. The van der Waals surface area contributed by atoms with Crippen molar-refractivity contribution in [3.05, 3.63) is 35.9 Å². The second kappa shape index (κ2) is 8.59. The lowest BCUT2D eigenvalue weighted by Gasteiger charge is -2.12. The first kappa shape index (κ1) is 14.6. The standard InChI is InChI=1S/C15H23NO2/c1-4-6-10-18-15-8-7-14(17-3)11-13(15)12-16-9-5-2/h4,6-8,11,16H,5,9-10,12H2,1-3H3/b6-4+. The monoisotopic (exact) mass is 249 g/mol. The second-order valence-electron chi connectivity index (χ2n) is 4.03. The smallest absolute Gasteiger partial charge is 0.124 e. The fourth-order valence-electron chi connectivity index (χ4n) is 1.60. The minimum absolute atomic E-state index is 0.601. The number of hydrogen-bond donors (Lipinski definition) is 1. The van der Waals surface area contributed by atoms with Crippen LogP contribution in [0, 0.1) is 0 Å². The van der Waals surface area contributed by atoms with Gasteiger partial charge in [0.2, 0.25) is 0 Å². The molecular formula is C15H23NO2. The van der Waals surface area contributed by atoms with Crippen LogP contribution < -0.4 is 14.8 Å². The van der Waals surface area contributed by atoms with Gasteiger partial charge in [0.1, 0.15) is 18.1 Å². The van der Waals surface area contributed by atoms with Crippen LogP contribution in [-0.4, -0.2) is 20.3 Å². The summed E-state index contributed by atoms with van der Waals surface area (Å²) in [6.07, 6.45) is 5.10. The van der Waals surface area contributed by atoms with Crippen molar-refractivity contribution in [1.29, 1.82) is 0 Å². The minimum Gasteiger partial charge on any atom is -0.497 e. The van der Waals surface area contributed by atoms with Crippen LogP contribution in [0.25, 0.3) is 0 Å². The molecule has 0 spiro atoms. The number of allylic oxidation sites excluding steroid dienone is 1. The molecule has 0 aliphatic heterocycles. The summed E-state index contributed by atoms with van der Waals surface area (Å²) >= 11 is 0. The minimum atomic E-state index is 0.601. The first-order chi connectivity index (χ1) is 8.81. The Hall–Kier alpha value is -1.48. The third-order valence-electron chi connectivity index (χ3n) is 2.58. The van der Waals surface area contributed by atoms with Crippen molar-refractivity contribution in [2.75, 3.05) is 20.3 Å². The molecule has 1 aromatic rings. The molecule has 0 saturated carbocycles. The Labute approximate surface area is 110 Å². The average molecular weight is 249 g/mol. The molecule has 100 valence electrons. The van der Waals surface area contributed by atoms with E-state index in [9.17, 15) is 0 Å². The lowest BCUT2D eigenvalue weighted by molar-refractivity contribution is 0.355. The summed E-state index contributed by atoms with van der Waals surface area (Å²) < 4.78 is 11.0. The Morgan fingerprint density at radius 2 is 2.17 bits per heavy atom. The maximum Gasteiger partial charge on any atom is 0.124 e. The number of methoxy groups -OCH3 is 1. The second-order valence-corrected chi connectivity index (χ2v) is 4.03. The van der Waals surface area contributed by atoms with Crippen LogP contribution in [0.4, 0.5) is 0 Å². The highest BCUT2D eigenvalue weighted by Crippen LogP contribution is 2.24. The first-order valence-corrected chi connectivity index (χ1v) is 6.43. The predicted molar refractivity (Wildman–Crippen MR) is 75.3 cm³/mol. The molecule has 1 rings (SSSR count). The molecule has 1 N–H and O–H groups in total. The maximum absolute atomic E-state index is 5.73. The fraction of sp³-hybridized carbons (Fsp3) is 0.467. The van der Waals surface area contributed by atoms with Crippen molar-refractivity contribution >= 4 is 0 Å². The van der Waals surface area contributed by atoms with Crippen LogP contribution in [0.3, 0.4) is 0 Å². The van der Waals surface area contributed by atoms with Gasteiger partial charge < -0.3 is 14.8 Å². The quantitative estimate of drug-likeness (QED) is 0.567. The van der Waals surface area contributed by atoms with E-state index in [1.165, 1.54) is 0 Å². The zero-order valence-electron chi connectivity index (χ0n) is 11.5. The molecular weight excluding hydrogens is 226 g/mol. The van der Waals surface area contributed by atoms with Gasteiger partial charge in [-0.15, -0.1) is 0 Å².